The molecule has 7 heteroatoms. The predicted molar refractivity (Wildman–Crippen MR) is 208 cm³/mol. The molecule has 8 atom stereocenters. The SMILES string of the molecule is COc1ccc(C(OCCC(O)CCNC(=O)OC2CC[C@]3(C)C(CCC4C5CCC[C@]5(C)CCC43)C2)(c2ccccc2)c2ccc(OC)cc2)cc1. The third kappa shape index (κ3) is 7.58. The molecule has 7 rings (SSSR count). The minimum absolute atomic E-state index is 0.0229. The van der Waals surface area contributed by atoms with Crippen LogP contribution in [-0.2, 0) is 15.1 Å². The first-order valence-corrected chi connectivity index (χ1v) is 20.3. The Morgan fingerprint density at radius 1 is 0.792 bits per heavy atom. The van der Waals surface area contributed by atoms with Gasteiger partial charge in [0.2, 0.25) is 0 Å². The van der Waals surface area contributed by atoms with Gasteiger partial charge in [0, 0.05) is 6.54 Å². The van der Waals surface area contributed by atoms with Crippen LogP contribution >= 0.6 is 0 Å². The average molecular weight is 724 g/mol. The molecule has 4 aliphatic rings. The van der Waals surface area contributed by atoms with E-state index >= 15 is 0 Å². The van der Waals surface area contributed by atoms with Gasteiger partial charge in [-0.3, -0.25) is 0 Å². The molecule has 0 saturated heterocycles. The molecule has 4 fully saturated rings. The van der Waals surface area contributed by atoms with Crippen molar-refractivity contribution < 1.29 is 28.8 Å². The number of aliphatic hydroxyl groups excluding tert-OH is 1. The van der Waals surface area contributed by atoms with Crippen LogP contribution in [0.15, 0.2) is 78.9 Å². The number of hydrogen-bond acceptors (Lipinski definition) is 6. The summed E-state index contributed by atoms with van der Waals surface area (Å²) in [6.45, 7) is 5.79. The first-order chi connectivity index (χ1) is 25.7. The van der Waals surface area contributed by atoms with Crippen LogP contribution in [0, 0.1) is 34.5 Å². The van der Waals surface area contributed by atoms with Crippen LogP contribution in [0.5, 0.6) is 11.5 Å². The zero-order valence-corrected chi connectivity index (χ0v) is 32.4. The van der Waals surface area contributed by atoms with E-state index < -0.39 is 11.7 Å². The fourth-order valence-corrected chi connectivity index (χ4v) is 11.4. The number of carbonyl (C=O) groups excluding carboxylic acids is 1. The molecule has 53 heavy (non-hydrogen) atoms. The summed E-state index contributed by atoms with van der Waals surface area (Å²) in [6.07, 6.45) is 12.6. The highest BCUT2D eigenvalue weighted by Gasteiger charge is 2.58. The fourth-order valence-electron chi connectivity index (χ4n) is 11.4. The molecule has 0 aromatic heterocycles. The highest BCUT2D eigenvalue weighted by Crippen LogP contribution is 2.66. The standard InChI is InChI=1S/C46H61NO6/c1-44-26-8-11-41(44)40-21-16-35-31-39(22-28-45(35,2)42(40)23-27-44)53-43(49)47-29-24-36(48)25-30-52-46(32-9-6-5-7-10-32,33-12-17-37(50-3)18-13-33)34-14-19-38(51-4)20-15-34/h5-7,9-10,12-15,17-20,35-36,39-42,48H,8,11,16,21-31H2,1-4H3,(H,47,49)/t35?,36?,39?,40?,41?,42?,44-,45-/m1/s1. The van der Waals surface area contributed by atoms with Crippen LogP contribution in [-0.4, -0.2) is 50.8 Å². The van der Waals surface area contributed by atoms with E-state index in [0.29, 0.717) is 42.7 Å². The van der Waals surface area contributed by atoms with Crippen molar-refractivity contribution in [3.05, 3.63) is 95.6 Å². The second kappa shape index (κ2) is 16.0. The minimum atomic E-state index is -0.940. The minimum Gasteiger partial charge on any atom is -0.497 e. The van der Waals surface area contributed by atoms with E-state index in [1.807, 2.05) is 66.7 Å². The van der Waals surface area contributed by atoms with Crippen molar-refractivity contribution >= 4 is 6.09 Å². The second-order valence-electron chi connectivity index (χ2n) is 17.1. The molecule has 2 N–H and O–H groups in total. The average Bonchev–Trinajstić information content (AvgIpc) is 3.59. The van der Waals surface area contributed by atoms with Gasteiger partial charge in [-0.05, 0) is 146 Å². The van der Waals surface area contributed by atoms with E-state index in [2.05, 4.69) is 31.3 Å². The normalized spacial score (nSPS) is 29.9. The Hall–Kier alpha value is -3.55. The number of amides is 1. The van der Waals surface area contributed by atoms with Crippen molar-refractivity contribution in [1.29, 1.82) is 0 Å². The smallest absolute Gasteiger partial charge is 0.407 e. The molecule has 7 nitrogen and oxygen atoms in total. The fraction of sp³-hybridized carbons (Fsp3) is 0.587. The molecule has 3 aromatic rings. The lowest BCUT2D eigenvalue weighted by Crippen LogP contribution is -2.53. The number of nitrogens with one attached hydrogen (secondary N) is 1. The third-order valence-corrected chi connectivity index (χ3v) is 14.4. The summed E-state index contributed by atoms with van der Waals surface area (Å²) >= 11 is 0. The van der Waals surface area contributed by atoms with E-state index in [1.54, 1.807) is 14.2 Å². The first kappa shape index (κ1) is 37.8. The van der Waals surface area contributed by atoms with Gasteiger partial charge >= 0.3 is 6.09 Å². The molecule has 286 valence electrons. The van der Waals surface area contributed by atoms with Crippen molar-refractivity contribution in [2.45, 2.75) is 109 Å². The maximum absolute atomic E-state index is 13.0. The molecule has 0 heterocycles. The topological polar surface area (TPSA) is 86.2 Å². The molecule has 3 aromatic carbocycles. The van der Waals surface area contributed by atoms with Crippen LogP contribution in [0.3, 0.4) is 0 Å². The van der Waals surface area contributed by atoms with Crippen LogP contribution < -0.4 is 14.8 Å². The zero-order valence-electron chi connectivity index (χ0n) is 32.4. The molecule has 0 spiro atoms. The van der Waals surface area contributed by atoms with Crippen molar-refractivity contribution in [1.82, 2.24) is 5.32 Å². The van der Waals surface area contributed by atoms with Gasteiger partial charge in [-0.2, -0.15) is 0 Å². The number of benzene rings is 3. The molecule has 4 saturated carbocycles. The van der Waals surface area contributed by atoms with Crippen LogP contribution in [0.2, 0.25) is 0 Å². The van der Waals surface area contributed by atoms with Gasteiger partial charge in [0.1, 0.15) is 23.2 Å². The van der Waals surface area contributed by atoms with Gasteiger partial charge in [-0.1, -0.05) is 74.9 Å². The lowest BCUT2D eigenvalue weighted by molar-refractivity contribution is -0.121. The summed E-state index contributed by atoms with van der Waals surface area (Å²) in [6, 6.07) is 26.0. The number of alkyl carbamates (subject to hydrolysis) is 1. The number of fused-ring (bicyclic) bond motifs is 5. The van der Waals surface area contributed by atoms with Gasteiger partial charge < -0.3 is 29.4 Å². The highest BCUT2D eigenvalue weighted by atomic mass is 16.6. The van der Waals surface area contributed by atoms with Gasteiger partial charge in [-0.25, -0.2) is 4.79 Å². The Labute approximate surface area is 317 Å². The molecular formula is C46H61NO6. The highest BCUT2D eigenvalue weighted by molar-refractivity contribution is 5.67. The van der Waals surface area contributed by atoms with Crippen molar-refractivity contribution in [3.63, 3.8) is 0 Å². The van der Waals surface area contributed by atoms with Gasteiger partial charge in [0.05, 0.1) is 26.9 Å². The van der Waals surface area contributed by atoms with Crippen LogP contribution in [0.4, 0.5) is 4.79 Å². The van der Waals surface area contributed by atoms with E-state index in [-0.39, 0.29) is 12.2 Å². The summed E-state index contributed by atoms with van der Waals surface area (Å²) in [5.41, 5.74) is 2.89. The maximum atomic E-state index is 13.0. The summed E-state index contributed by atoms with van der Waals surface area (Å²) in [5.74, 6) is 4.82. The number of aliphatic hydroxyl groups is 1. The Kier molecular flexibility index (Phi) is 11.4. The number of ether oxygens (including phenoxy) is 4. The molecule has 0 aliphatic heterocycles. The molecular weight excluding hydrogens is 663 g/mol. The quantitative estimate of drug-likeness (QED) is 0.171. The number of rotatable bonds is 13. The largest absolute Gasteiger partial charge is 0.497 e. The Morgan fingerprint density at radius 2 is 1.45 bits per heavy atom. The Morgan fingerprint density at radius 3 is 2.11 bits per heavy atom. The second-order valence-corrected chi connectivity index (χ2v) is 17.1. The number of carbonyl (C=O) groups is 1. The van der Waals surface area contributed by atoms with Gasteiger partial charge in [0.25, 0.3) is 0 Å². The van der Waals surface area contributed by atoms with Gasteiger partial charge in [-0.15, -0.1) is 0 Å². The first-order valence-electron chi connectivity index (χ1n) is 20.3. The van der Waals surface area contributed by atoms with Crippen molar-refractivity contribution in [2.75, 3.05) is 27.4 Å². The van der Waals surface area contributed by atoms with Crippen molar-refractivity contribution in [2.24, 2.45) is 34.5 Å². The lowest BCUT2D eigenvalue weighted by atomic mass is 9.45. The van der Waals surface area contributed by atoms with Crippen LogP contribution in [0.1, 0.15) is 108 Å². The monoisotopic (exact) mass is 723 g/mol. The zero-order chi connectivity index (χ0) is 37.1. The van der Waals surface area contributed by atoms with E-state index in [1.165, 1.54) is 44.9 Å². The molecule has 4 aliphatic carbocycles. The summed E-state index contributed by atoms with van der Waals surface area (Å²) in [4.78, 5) is 13.0. The summed E-state index contributed by atoms with van der Waals surface area (Å²) < 4.78 is 23.8. The van der Waals surface area contributed by atoms with E-state index in [0.717, 1.165) is 65.2 Å². The van der Waals surface area contributed by atoms with Crippen molar-refractivity contribution in [3.8, 4) is 11.5 Å². The molecule has 1 amide bonds. The van der Waals surface area contributed by atoms with Gasteiger partial charge in [0.15, 0.2) is 0 Å². The molecule has 0 bridgehead atoms. The summed E-state index contributed by atoms with van der Waals surface area (Å²) in [5, 5.41) is 14.0. The molecule has 6 unspecified atom stereocenters. The van der Waals surface area contributed by atoms with Crippen LogP contribution in [0.25, 0.3) is 0 Å². The lowest BCUT2D eigenvalue weighted by Gasteiger charge is -2.60. The van der Waals surface area contributed by atoms with E-state index in [9.17, 15) is 9.90 Å². The number of hydrogen-bond donors (Lipinski definition) is 2. The molecule has 0 radical (unpaired) electrons. The Bertz CT molecular complexity index is 1600. The number of methoxy groups -OCH3 is 2. The maximum Gasteiger partial charge on any atom is 0.407 e. The third-order valence-electron chi connectivity index (χ3n) is 14.4. The predicted octanol–water partition coefficient (Wildman–Crippen LogP) is 9.68. The Balaban J connectivity index is 0.923. The van der Waals surface area contributed by atoms with E-state index in [4.69, 9.17) is 18.9 Å². The summed E-state index contributed by atoms with van der Waals surface area (Å²) in [7, 11) is 3.32.